The maximum atomic E-state index is 10.4. The summed E-state index contributed by atoms with van der Waals surface area (Å²) < 4.78 is 0. The van der Waals surface area contributed by atoms with Crippen molar-refractivity contribution < 1.29 is 5.11 Å². The molecule has 92 valence electrons. The van der Waals surface area contributed by atoms with Gasteiger partial charge in [-0.25, -0.2) is 0 Å². The van der Waals surface area contributed by atoms with Crippen LogP contribution in [0.4, 0.5) is 0 Å². The number of hydrogen-bond donors (Lipinski definition) is 1. The molecular weight excluding hydrogens is 216 g/mol. The van der Waals surface area contributed by atoms with Crippen molar-refractivity contribution in [2.75, 3.05) is 0 Å². The molecule has 2 heteroatoms. The zero-order valence-electron chi connectivity index (χ0n) is 10.2. The van der Waals surface area contributed by atoms with Gasteiger partial charge in [-0.05, 0) is 37.5 Å². The first-order chi connectivity index (χ1) is 7.79. The highest BCUT2D eigenvalue weighted by Crippen LogP contribution is 2.32. The van der Waals surface area contributed by atoms with Crippen molar-refractivity contribution in [2.24, 2.45) is 11.8 Å². The second kappa shape index (κ2) is 6.11. The summed E-state index contributed by atoms with van der Waals surface area (Å²) in [4.78, 5) is 0.992. The van der Waals surface area contributed by atoms with Crippen LogP contribution >= 0.6 is 12.2 Å². The second-order valence-electron chi connectivity index (χ2n) is 5.58. The van der Waals surface area contributed by atoms with E-state index in [1.807, 2.05) is 0 Å². The number of hydrogen-bond acceptors (Lipinski definition) is 2. The summed E-state index contributed by atoms with van der Waals surface area (Å²) in [5, 5.41) is 10.4. The minimum absolute atomic E-state index is 0.279. The van der Waals surface area contributed by atoms with E-state index >= 15 is 0 Å². The van der Waals surface area contributed by atoms with Gasteiger partial charge in [0.25, 0.3) is 0 Å². The minimum Gasteiger partial charge on any atom is -0.388 e. The molecule has 1 atom stereocenters. The van der Waals surface area contributed by atoms with E-state index in [0.29, 0.717) is 11.8 Å². The molecule has 2 fully saturated rings. The molecule has 2 saturated carbocycles. The number of thiocarbonyl (C=S) groups is 1. The molecule has 2 aliphatic carbocycles. The van der Waals surface area contributed by atoms with Gasteiger partial charge in [-0.2, -0.15) is 0 Å². The fourth-order valence-electron chi connectivity index (χ4n) is 3.31. The summed E-state index contributed by atoms with van der Waals surface area (Å²) in [6, 6.07) is 0. The van der Waals surface area contributed by atoms with E-state index in [0.717, 1.165) is 4.86 Å². The smallest absolute Gasteiger partial charge is 0.0882 e. The van der Waals surface area contributed by atoms with Crippen LogP contribution in [0.5, 0.6) is 0 Å². The third-order valence-corrected chi connectivity index (χ3v) is 4.97. The molecule has 0 aromatic carbocycles. The highest BCUT2D eigenvalue weighted by atomic mass is 32.1. The summed E-state index contributed by atoms with van der Waals surface area (Å²) in [7, 11) is 0. The molecule has 0 aliphatic heterocycles. The van der Waals surface area contributed by atoms with E-state index in [-0.39, 0.29) is 6.10 Å². The van der Waals surface area contributed by atoms with E-state index in [9.17, 15) is 5.11 Å². The van der Waals surface area contributed by atoms with Gasteiger partial charge in [0.2, 0.25) is 0 Å². The van der Waals surface area contributed by atoms with Crippen molar-refractivity contribution in [2.45, 2.75) is 70.3 Å². The van der Waals surface area contributed by atoms with Crippen LogP contribution in [0.1, 0.15) is 64.2 Å². The van der Waals surface area contributed by atoms with Crippen LogP contribution in [0, 0.1) is 11.8 Å². The molecule has 0 heterocycles. The van der Waals surface area contributed by atoms with Crippen molar-refractivity contribution in [3.8, 4) is 0 Å². The molecular formula is C14H24OS. The largest absolute Gasteiger partial charge is 0.388 e. The van der Waals surface area contributed by atoms with Crippen molar-refractivity contribution >= 4 is 17.1 Å². The van der Waals surface area contributed by atoms with Gasteiger partial charge in [0, 0.05) is 4.86 Å². The molecule has 0 aromatic rings. The van der Waals surface area contributed by atoms with Crippen LogP contribution in [-0.2, 0) is 0 Å². The fourth-order valence-corrected chi connectivity index (χ4v) is 3.74. The molecule has 1 nitrogen and oxygen atoms in total. The van der Waals surface area contributed by atoms with Crippen LogP contribution < -0.4 is 0 Å². The van der Waals surface area contributed by atoms with Crippen LogP contribution in [0.15, 0.2) is 0 Å². The molecule has 0 saturated heterocycles. The molecule has 0 radical (unpaired) electrons. The molecule has 0 bridgehead atoms. The van der Waals surface area contributed by atoms with Gasteiger partial charge in [-0.15, -0.1) is 0 Å². The Kier molecular flexibility index (Phi) is 4.78. The Hall–Kier alpha value is 0.0500. The molecule has 1 unspecified atom stereocenters. The highest BCUT2D eigenvalue weighted by Gasteiger charge is 2.29. The average Bonchev–Trinajstić information content (AvgIpc) is 2.39. The Morgan fingerprint density at radius 2 is 1.38 bits per heavy atom. The Morgan fingerprint density at radius 1 is 0.875 bits per heavy atom. The molecule has 1 N–H and O–H groups in total. The normalized spacial score (nSPS) is 26.6. The lowest BCUT2D eigenvalue weighted by Gasteiger charge is -2.31. The monoisotopic (exact) mass is 240 g/mol. The number of aliphatic hydroxyl groups is 1. The molecule has 2 rings (SSSR count). The third kappa shape index (κ3) is 3.04. The summed E-state index contributed by atoms with van der Waals surface area (Å²) >= 11 is 5.53. The Morgan fingerprint density at radius 3 is 1.94 bits per heavy atom. The van der Waals surface area contributed by atoms with E-state index in [2.05, 4.69) is 0 Å². The predicted molar refractivity (Wildman–Crippen MR) is 71.8 cm³/mol. The molecule has 0 spiro atoms. The van der Waals surface area contributed by atoms with Gasteiger partial charge in [-0.1, -0.05) is 50.7 Å². The first kappa shape index (κ1) is 12.5. The highest BCUT2D eigenvalue weighted by molar-refractivity contribution is 7.80. The van der Waals surface area contributed by atoms with Crippen LogP contribution in [0.2, 0.25) is 0 Å². The lowest BCUT2D eigenvalue weighted by molar-refractivity contribution is 0.137. The van der Waals surface area contributed by atoms with Gasteiger partial charge < -0.3 is 5.11 Å². The van der Waals surface area contributed by atoms with Crippen molar-refractivity contribution in [1.29, 1.82) is 0 Å². The fraction of sp³-hybridized carbons (Fsp3) is 0.929. The van der Waals surface area contributed by atoms with E-state index in [4.69, 9.17) is 12.2 Å². The summed E-state index contributed by atoms with van der Waals surface area (Å²) in [5.74, 6) is 1.02. The Balaban J connectivity index is 1.86. The van der Waals surface area contributed by atoms with Gasteiger partial charge >= 0.3 is 0 Å². The topological polar surface area (TPSA) is 20.2 Å². The lowest BCUT2D eigenvalue weighted by atomic mass is 9.78. The quantitative estimate of drug-likeness (QED) is 0.756. The molecule has 2 aliphatic rings. The number of rotatable bonds is 3. The summed E-state index contributed by atoms with van der Waals surface area (Å²) in [6.45, 7) is 0. The Labute approximate surface area is 105 Å². The minimum atomic E-state index is -0.279. The van der Waals surface area contributed by atoms with E-state index in [1.165, 1.54) is 64.2 Å². The van der Waals surface area contributed by atoms with Gasteiger partial charge in [0.05, 0.1) is 6.10 Å². The second-order valence-corrected chi connectivity index (χ2v) is 6.05. The maximum Gasteiger partial charge on any atom is 0.0882 e. The van der Waals surface area contributed by atoms with Crippen molar-refractivity contribution in [3.05, 3.63) is 0 Å². The van der Waals surface area contributed by atoms with Crippen molar-refractivity contribution in [3.63, 3.8) is 0 Å². The first-order valence-corrected chi connectivity index (χ1v) is 7.41. The average molecular weight is 240 g/mol. The van der Waals surface area contributed by atoms with Crippen LogP contribution in [-0.4, -0.2) is 16.1 Å². The summed E-state index contributed by atoms with van der Waals surface area (Å²) in [5.41, 5.74) is 0. The van der Waals surface area contributed by atoms with Crippen LogP contribution in [0.3, 0.4) is 0 Å². The molecule has 0 aromatic heterocycles. The van der Waals surface area contributed by atoms with Gasteiger partial charge in [-0.3, -0.25) is 0 Å². The molecule has 16 heavy (non-hydrogen) atoms. The van der Waals surface area contributed by atoms with E-state index in [1.54, 1.807) is 0 Å². The zero-order chi connectivity index (χ0) is 11.4. The Bertz CT molecular complexity index is 227. The summed E-state index contributed by atoms with van der Waals surface area (Å²) in [6.07, 6.45) is 12.4. The maximum absolute atomic E-state index is 10.4. The lowest BCUT2D eigenvalue weighted by Crippen LogP contribution is -2.35. The van der Waals surface area contributed by atoms with Gasteiger partial charge in [0.1, 0.15) is 0 Å². The predicted octanol–water partition coefficient (Wildman–Crippen LogP) is 3.88. The number of aliphatic hydroxyl groups excluding tert-OH is 1. The van der Waals surface area contributed by atoms with E-state index < -0.39 is 0 Å². The standard InChI is InChI=1S/C14H24OS/c15-13(11-7-3-1-4-8-11)14(16)12-9-5-2-6-10-12/h11-13,15H,1-10H2. The van der Waals surface area contributed by atoms with Crippen molar-refractivity contribution in [1.82, 2.24) is 0 Å². The molecule has 0 amide bonds. The first-order valence-electron chi connectivity index (χ1n) is 7.01. The van der Waals surface area contributed by atoms with Gasteiger partial charge in [0.15, 0.2) is 0 Å². The van der Waals surface area contributed by atoms with Crippen LogP contribution in [0.25, 0.3) is 0 Å². The zero-order valence-corrected chi connectivity index (χ0v) is 11.0. The third-order valence-electron chi connectivity index (χ3n) is 4.40. The SMILES string of the molecule is OC(C(=S)C1CCCCC1)C1CCCCC1.